The Kier molecular flexibility index (Phi) is 5.69. The molecule has 20 heavy (non-hydrogen) atoms. The van der Waals surface area contributed by atoms with Gasteiger partial charge in [-0.05, 0) is 31.0 Å². The fraction of sp³-hybridized carbons (Fsp3) is 0.500. The largest absolute Gasteiger partial charge is 0.324 e. The smallest absolute Gasteiger partial charge is 0.240 e. The van der Waals surface area contributed by atoms with Gasteiger partial charge in [-0.25, -0.2) is 21.6 Å². The van der Waals surface area contributed by atoms with Gasteiger partial charge in [0.05, 0.1) is 10.6 Å². The number of hydrogen-bond acceptors (Lipinski definition) is 5. The molecule has 0 saturated heterocycles. The maximum absolute atomic E-state index is 12.0. The second-order valence-corrected chi connectivity index (χ2v) is 8.77. The molecule has 8 heteroatoms. The third kappa shape index (κ3) is 5.58. The number of benzene rings is 1. The molecule has 1 atom stereocenters. The fourth-order valence-corrected chi connectivity index (χ4v) is 3.39. The SMILES string of the molecule is CC(N)c1cccc(S(=O)(=O)NCCCS(C)(=O)=O)c1. The molecule has 0 spiro atoms. The summed E-state index contributed by atoms with van der Waals surface area (Å²) in [6, 6.07) is 6.13. The van der Waals surface area contributed by atoms with Crippen molar-refractivity contribution in [1.29, 1.82) is 0 Å². The molecule has 0 aliphatic heterocycles. The van der Waals surface area contributed by atoms with Crippen molar-refractivity contribution in [2.24, 2.45) is 5.73 Å². The van der Waals surface area contributed by atoms with Gasteiger partial charge in [0.2, 0.25) is 10.0 Å². The van der Waals surface area contributed by atoms with Crippen molar-refractivity contribution in [3.8, 4) is 0 Å². The van der Waals surface area contributed by atoms with Gasteiger partial charge in [-0.15, -0.1) is 0 Å². The molecule has 0 radical (unpaired) electrons. The molecule has 0 amide bonds. The van der Waals surface area contributed by atoms with E-state index in [2.05, 4.69) is 4.72 Å². The van der Waals surface area contributed by atoms with Crippen molar-refractivity contribution >= 4 is 19.9 Å². The minimum absolute atomic E-state index is 0.0462. The summed E-state index contributed by atoms with van der Waals surface area (Å²) in [5, 5.41) is 0. The highest BCUT2D eigenvalue weighted by atomic mass is 32.2. The highest BCUT2D eigenvalue weighted by molar-refractivity contribution is 7.90. The van der Waals surface area contributed by atoms with Crippen LogP contribution in [-0.4, -0.2) is 35.4 Å². The summed E-state index contributed by atoms with van der Waals surface area (Å²) >= 11 is 0. The second-order valence-electron chi connectivity index (χ2n) is 4.74. The van der Waals surface area contributed by atoms with Crippen molar-refractivity contribution in [1.82, 2.24) is 4.72 Å². The molecular formula is C12H20N2O4S2. The molecule has 0 aliphatic carbocycles. The van der Waals surface area contributed by atoms with Crippen LogP contribution in [-0.2, 0) is 19.9 Å². The van der Waals surface area contributed by atoms with Crippen molar-refractivity contribution in [3.63, 3.8) is 0 Å². The van der Waals surface area contributed by atoms with Crippen molar-refractivity contribution in [2.45, 2.75) is 24.3 Å². The van der Waals surface area contributed by atoms with Gasteiger partial charge in [0.1, 0.15) is 9.84 Å². The summed E-state index contributed by atoms with van der Waals surface area (Å²) in [5.74, 6) is -0.0462. The van der Waals surface area contributed by atoms with Crippen molar-refractivity contribution < 1.29 is 16.8 Å². The topological polar surface area (TPSA) is 106 Å². The lowest BCUT2D eigenvalue weighted by Gasteiger charge is -2.10. The molecule has 0 bridgehead atoms. The van der Waals surface area contributed by atoms with Gasteiger partial charge >= 0.3 is 0 Å². The molecule has 3 N–H and O–H groups in total. The predicted molar refractivity (Wildman–Crippen MR) is 78.6 cm³/mol. The Morgan fingerprint density at radius 3 is 2.45 bits per heavy atom. The van der Waals surface area contributed by atoms with E-state index in [0.29, 0.717) is 0 Å². The van der Waals surface area contributed by atoms with Gasteiger partial charge in [-0.1, -0.05) is 12.1 Å². The third-order valence-electron chi connectivity index (χ3n) is 2.68. The summed E-state index contributed by atoms with van der Waals surface area (Å²) in [4.78, 5) is 0.131. The van der Waals surface area contributed by atoms with Crippen LogP contribution in [0.1, 0.15) is 24.9 Å². The summed E-state index contributed by atoms with van der Waals surface area (Å²) in [7, 11) is -6.71. The van der Waals surface area contributed by atoms with Crippen LogP contribution in [0, 0.1) is 0 Å². The number of sulfone groups is 1. The Morgan fingerprint density at radius 2 is 1.90 bits per heavy atom. The number of sulfonamides is 1. The first kappa shape index (κ1) is 17.1. The highest BCUT2D eigenvalue weighted by Crippen LogP contribution is 2.15. The summed E-state index contributed by atoms with van der Waals surface area (Å²) in [6.45, 7) is 1.85. The average Bonchev–Trinajstić information content (AvgIpc) is 2.34. The summed E-state index contributed by atoms with van der Waals surface area (Å²) in [5.41, 5.74) is 6.44. The van der Waals surface area contributed by atoms with Gasteiger partial charge in [-0.2, -0.15) is 0 Å². The zero-order valence-corrected chi connectivity index (χ0v) is 13.2. The van der Waals surface area contributed by atoms with Crippen LogP contribution >= 0.6 is 0 Å². The molecule has 0 heterocycles. The van der Waals surface area contributed by atoms with Gasteiger partial charge in [0, 0.05) is 18.8 Å². The molecule has 0 aliphatic rings. The Morgan fingerprint density at radius 1 is 1.25 bits per heavy atom. The van der Waals surface area contributed by atoms with E-state index in [9.17, 15) is 16.8 Å². The van der Waals surface area contributed by atoms with Crippen LogP contribution in [0.5, 0.6) is 0 Å². The van der Waals surface area contributed by atoms with Crippen LogP contribution in [0.2, 0.25) is 0 Å². The molecule has 0 aromatic heterocycles. The standard InChI is InChI=1S/C12H20N2O4S2/c1-10(13)11-5-3-6-12(9-11)20(17,18)14-7-4-8-19(2,15)16/h3,5-6,9-10,14H,4,7-8,13H2,1-2H3. The van der Waals surface area contributed by atoms with Crippen LogP contribution < -0.4 is 10.5 Å². The Hall–Kier alpha value is -0.960. The normalized spacial score (nSPS) is 14.2. The van der Waals surface area contributed by atoms with Gasteiger partial charge < -0.3 is 5.73 Å². The molecular weight excluding hydrogens is 300 g/mol. The Balaban J connectivity index is 2.72. The molecule has 0 saturated carbocycles. The minimum Gasteiger partial charge on any atom is -0.324 e. The van der Waals surface area contributed by atoms with Crippen molar-refractivity contribution in [2.75, 3.05) is 18.6 Å². The highest BCUT2D eigenvalue weighted by Gasteiger charge is 2.15. The molecule has 1 aromatic carbocycles. The lowest BCUT2D eigenvalue weighted by Crippen LogP contribution is -2.26. The van der Waals surface area contributed by atoms with E-state index in [0.717, 1.165) is 11.8 Å². The monoisotopic (exact) mass is 320 g/mol. The van der Waals surface area contributed by atoms with E-state index in [1.165, 1.54) is 12.1 Å². The van der Waals surface area contributed by atoms with Crippen LogP contribution in [0.25, 0.3) is 0 Å². The number of rotatable bonds is 7. The molecule has 114 valence electrons. The predicted octanol–water partition coefficient (Wildman–Crippen LogP) is 0.419. The maximum Gasteiger partial charge on any atom is 0.240 e. The molecule has 1 rings (SSSR count). The third-order valence-corrected chi connectivity index (χ3v) is 5.17. The zero-order chi connectivity index (χ0) is 15.4. The van der Waals surface area contributed by atoms with Gasteiger partial charge in [0.15, 0.2) is 0 Å². The fourth-order valence-electron chi connectivity index (χ4n) is 1.59. The maximum atomic E-state index is 12.0. The molecule has 6 nitrogen and oxygen atoms in total. The lowest BCUT2D eigenvalue weighted by atomic mass is 10.1. The van der Waals surface area contributed by atoms with E-state index in [-0.39, 0.29) is 29.7 Å². The first-order valence-electron chi connectivity index (χ1n) is 6.15. The number of nitrogens with two attached hydrogens (primary N) is 1. The Labute approximate surface area is 120 Å². The minimum atomic E-state index is -3.63. The molecule has 1 aromatic rings. The van der Waals surface area contributed by atoms with E-state index < -0.39 is 19.9 Å². The molecule has 0 fully saturated rings. The van der Waals surface area contributed by atoms with E-state index in [1.54, 1.807) is 19.1 Å². The van der Waals surface area contributed by atoms with Crippen LogP contribution in [0.4, 0.5) is 0 Å². The number of hydrogen-bond donors (Lipinski definition) is 2. The second kappa shape index (κ2) is 6.66. The first-order valence-corrected chi connectivity index (χ1v) is 9.69. The van der Waals surface area contributed by atoms with Crippen LogP contribution in [0.15, 0.2) is 29.2 Å². The van der Waals surface area contributed by atoms with Crippen LogP contribution in [0.3, 0.4) is 0 Å². The van der Waals surface area contributed by atoms with E-state index in [1.807, 2.05) is 0 Å². The molecule has 1 unspecified atom stereocenters. The zero-order valence-electron chi connectivity index (χ0n) is 11.5. The van der Waals surface area contributed by atoms with E-state index >= 15 is 0 Å². The average molecular weight is 320 g/mol. The summed E-state index contributed by atoms with van der Waals surface area (Å²) in [6.07, 6.45) is 1.36. The Bertz CT molecular complexity index is 652. The quantitative estimate of drug-likeness (QED) is 0.708. The summed E-state index contributed by atoms with van der Waals surface area (Å²) < 4.78 is 48.3. The lowest BCUT2D eigenvalue weighted by molar-refractivity contribution is 0.577. The van der Waals surface area contributed by atoms with E-state index in [4.69, 9.17) is 5.73 Å². The van der Waals surface area contributed by atoms with Gasteiger partial charge in [-0.3, -0.25) is 0 Å². The van der Waals surface area contributed by atoms with Gasteiger partial charge in [0.25, 0.3) is 0 Å². The van der Waals surface area contributed by atoms with Crippen molar-refractivity contribution in [3.05, 3.63) is 29.8 Å². The first-order chi connectivity index (χ1) is 9.12. The number of nitrogens with one attached hydrogen (secondary N) is 1.